The molecule has 1 heterocycles. The largest absolute Gasteiger partial charge is 0.371 e. The Balaban J connectivity index is 2.28. The maximum absolute atomic E-state index is 13.8. The predicted molar refractivity (Wildman–Crippen MR) is 79.2 cm³/mol. The first-order valence-corrected chi connectivity index (χ1v) is 6.40. The van der Waals surface area contributed by atoms with Crippen molar-refractivity contribution in [3.05, 3.63) is 54.0 Å². The summed E-state index contributed by atoms with van der Waals surface area (Å²) in [4.78, 5) is 8.55. The van der Waals surface area contributed by atoms with Crippen molar-refractivity contribution in [2.75, 3.05) is 12.4 Å². The van der Waals surface area contributed by atoms with Crippen molar-refractivity contribution in [2.45, 2.75) is 6.92 Å². The Hall–Kier alpha value is -2.49. The van der Waals surface area contributed by atoms with Crippen LogP contribution in [0.1, 0.15) is 5.69 Å². The molecule has 0 spiro atoms. The second-order valence-corrected chi connectivity index (χ2v) is 4.57. The van der Waals surface area contributed by atoms with Crippen LogP contribution in [0, 0.1) is 12.7 Å². The van der Waals surface area contributed by atoms with Gasteiger partial charge in [0.05, 0.1) is 5.69 Å². The van der Waals surface area contributed by atoms with Gasteiger partial charge in [0.2, 0.25) is 0 Å². The molecule has 3 nitrogen and oxygen atoms in total. The van der Waals surface area contributed by atoms with Crippen LogP contribution in [0.5, 0.6) is 0 Å². The van der Waals surface area contributed by atoms with Crippen molar-refractivity contribution >= 4 is 16.6 Å². The Morgan fingerprint density at radius 1 is 1.00 bits per heavy atom. The summed E-state index contributed by atoms with van der Waals surface area (Å²) in [5, 5.41) is 4.94. The van der Waals surface area contributed by atoms with E-state index in [-0.39, 0.29) is 5.82 Å². The van der Waals surface area contributed by atoms with E-state index >= 15 is 0 Å². The zero-order valence-electron chi connectivity index (χ0n) is 11.3. The minimum atomic E-state index is -0.406. The molecule has 1 aromatic heterocycles. The summed E-state index contributed by atoms with van der Waals surface area (Å²) in [5.74, 6) is 0.349. The number of aromatic nitrogens is 2. The molecule has 100 valence electrons. The molecular weight excluding hydrogens is 253 g/mol. The fourth-order valence-electron chi connectivity index (χ4n) is 2.27. The van der Waals surface area contributed by atoms with Gasteiger partial charge in [-0.3, -0.25) is 0 Å². The van der Waals surface area contributed by atoms with Gasteiger partial charge in [-0.2, -0.15) is 0 Å². The minimum Gasteiger partial charge on any atom is -0.371 e. The highest BCUT2D eigenvalue weighted by atomic mass is 19.1. The second kappa shape index (κ2) is 4.89. The molecular formula is C16H14FN3. The zero-order chi connectivity index (χ0) is 14.1. The van der Waals surface area contributed by atoms with Crippen LogP contribution in [-0.4, -0.2) is 17.0 Å². The minimum absolute atomic E-state index is 0.223. The number of rotatable bonds is 2. The lowest BCUT2D eigenvalue weighted by Crippen LogP contribution is -2.03. The molecule has 0 fully saturated rings. The van der Waals surface area contributed by atoms with Crippen LogP contribution >= 0.6 is 0 Å². The topological polar surface area (TPSA) is 37.8 Å². The summed E-state index contributed by atoms with van der Waals surface area (Å²) < 4.78 is 13.8. The van der Waals surface area contributed by atoms with Gasteiger partial charge in [-0.25, -0.2) is 14.4 Å². The molecule has 20 heavy (non-hydrogen) atoms. The van der Waals surface area contributed by atoms with Crippen molar-refractivity contribution < 1.29 is 4.39 Å². The fourth-order valence-corrected chi connectivity index (χ4v) is 2.27. The summed E-state index contributed by atoms with van der Waals surface area (Å²) in [5.41, 5.74) is 1.25. The van der Waals surface area contributed by atoms with Gasteiger partial charge in [-0.05, 0) is 17.7 Å². The highest BCUT2D eigenvalue weighted by Crippen LogP contribution is 2.27. The van der Waals surface area contributed by atoms with E-state index < -0.39 is 5.82 Å². The van der Waals surface area contributed by atoms with Gasteiger partial charge < -0.3 is 5.32 Å². The highest BCUT2D eigenvalue weighted by Gasteiger charge is 2.13. The molecule has 3 rings (SSSR count). The molecule has 1 N–H and O–H groups in total. The molecule has 4 heteroatoms. The molecule has 0 saturated carbocycles. The summed E-state index contributed by atoms with van der Waals surface area (Å²) in [6, 6.07) is 14.0. The summed E-state index contributed by atoms with van der Waals surface area (Å²) in [6.07, 6.45) is 0. The van der Waals surface area contributed by atoms with Gasteiger partial charge in [0.25, 0.3) is 0 Å². The van der Waals surface area contributed by atoms with Gasteiger partial charge in [0.1, 0.15) is 0 Å². The van der Waals surface area contributed by atoms with Crippen LogP contribution in [0.25, 0.3) is 22.2 Å². The van der Waals surface area contributed by atoms with E-state index in [0.717, 1.165) is 16.3 Å². The van der Waals surface area contributed by atoms with Gasteiger partial charge in [0, 0.05) is 12.6 Å². The first-order valence-electron chi connectivity index (χ1n) is 6.40. The molecule has 2 aromatic carbocycles. The molecule has 0 unspecified atom stereocenters. The van der Waals surface area contributed by atoms with E-state index in [1.54, 1.807) is 14.0 Å². The van der Waals surface area contributed by atoms with Gasteiger partial charge in [-0.1, -0.05) is 42.5 Å². The Bertz CT molecular complexity index is 779. The number of aryl methyl sites for hydroxylation is 1. The average molecular weight is 267 g/mol. The number of hydrogen-bond donors (Lipinski definition) is 1. The van der Waals surface area contributed by atoms with Gasteiger partial charge in [-0.15, -0.1) is 0 Å². The molecule has 0 aliphatic rings. The molecule has 0 amide bonds. The lowest BCUT2D eigenvalue weighted by atomic mass is 10.0. The van der Waals surface area contributed by atoms with Crippen LogP contribution in [0.15, 0.2) is 42.5 Å². The lowest BCUT2D eigenvalue weighted by molar-refractivity contribution is 0.607. The van der Waals surface area contributed by atoms with Gasteiger partial charge in [0.15, 0.2) is 17.5 Å². The maximum atomic E-state index is 13.8. The van der Waals surface area contributed by atoms with Gasteiger partial charge >= 0.3 is 0 Å². The molecule has 3 aromatic rings. The number of benzene rings is 2. The van der Waals surface area contributed by atoms with Crippen molar-refractivity contribution in [2.24, 2.45) is 0 Å². The Morgan fingerprint density at radius 2 is 1.75 bits per heavy atom. The molecule has 0 atom stereocenters. The van der Waals surface area contributed by atoms with Crippen LogP contribution in [0.2, 0.25) is 0 Å². The van der Waals surface area contributed by atoms with Crippen molar-refractivity contribution in [3.8, 4) is 11.4 Å². The van der Waals surface area contributed by atoms with Crippen molar-refractivity contribution in [3.63, 3.8) is 0 Å². The molecule has 0 bridgehead atoms. The third kappa shape index (κ3) is 1.99. The molecule has 0 aliphatic heterocycles. The quantitative estimate of drug-likeness (QED) is 0.767. The van der Waals surface area contributed by atoms with E-state index in [2.05, 4.69) is 15.3 Å². The van der Waals surface area contributed by atoms with E-state index in [1.807, 2.05) is 42.5 Å². The first-order chi connectivity index (χ1) is 9.70. The average Bonchev–Trinajstić information content (AvgIpc) is 2.49. The SMILES string of the molecule is CNc1nc(-c2cccc3ccccc23)nc(C)c1F. The standard InChI is InChI=1S/C16H14FN3/c1-10-14(17)16(18-2)20-15(19-10)13-9-5-7-11-6-3-4-8-12(11)13/h3-9H,1-2H3,(H,18,19,20). The van der Waals surface area contributed by atoms with Crippen LogP contribution in [0.4, 0.5) is 10.2 Å². The number of fused-ring (bicyclic) bond motifs is 1. The predicted octanol–water partition coefficient (Wildman–Crippen LogP) is 3.79. The molecule has 0 saturated heterocycles. The number of nitrogens with one attached hydrogen (secondary N) is 1. The lowest BCUT2D eigenvalue weighted by Gasteiger charge is -2.09. The summed E-state index contributed by atoms with van der Waals surface area (Å²) in [7, 11) is 1.65. The zero-order valence-corrected chi connectivity index (χ0v) is 11.3. The molecule has 0 aliphatic carbocycles. The fraction of sp³-hybridized carbons (Fsp3) is 0.125. The Kier molecular flexibility index (Phi) is 3.06. The van der Waals surface area contributed by atoms with Crippen molar-refractivity contribution in [1.29, 1.82) is 0 Å². The Morgan fingerprint density at radius 3 is 2.55 bits per heavy atom. The van der Waals surface area contributed by atoms with Crippen LogP contribution in [0.3, 0.4) is 0 Å². The summed E-state index contributed by atoms with van der Waals surface area (Å²) in [6.45, 7) is 1.65. The van der Waals surface area contributed by atoms with E-state index in [9.17, 15) is 4.39 Å². The number of halogens is 1. The van der Waals surface area contributed by atoms with E-state index in [1.165, 1.54) is 0 Å². The highest BCUT2D eigenvalue weighted by molar-refractivity contribution is 5.95. The third-order valence-electron chi connectivity index (χ3n) is 3.28. The molecule has 0 radical (unpaired) electrons. The smallest absolute Gasteiger partial charge is 0.186 e. The van der Waals surface area contributed by atoms with Crippen LogP contribution in [-0.2, 0) is 0 Å². The third-order valence-corrected chi connectivity index (χ3v) is 3.28. The van der Waals surface area contributed by atoms with E-state index in [4.69, 9.17) is 0 Å². The van der Waals surface area contributed by atoms with Crippen LogP contribution < -0.4 is 5.32 Å². The first kappa shape index (κ1) is 12.5. The van der Waals surface area contributed by atoms with E-state index in [0.29, 0.717) is 11.5 Å². The monoisotopic (exact) mass is 267 g/mol. The maximum Gasteiger partial charge on any atom is 0.186 e. The number of nitrogens with zero attached hydrogens (tertiary/aromatic N) is 2. The normalized spacial score (nSPS) is 10.8. The van der Waals surface area contributed by atoms with Crippen molar-refractivity contribution in [1.82, 2.24) is 9.97 Å². The number of anilines is 1. The Labute approximate surface area is 116 Å². The number of hydrogen-bond acceptors (Lipinski definition) is 3. The second-order valence-electron chi connectivity index (χ2n) is 4.57. The summed E-state index contributed by atoms with van der Waals surface area (Å²) >= 11 is 0.